The number of hydrogen-bond donors (Lipinski definition) is 0. The summed E-state index contributed by atoms with van der Waals surface area (Å²) in [5.41, 5.74) is 0. The largest absolute Gasteiger partial charge is 0.301 e. The molecule has 0 unspecified atom stereocenters. The van der Waals surface area contributed by atoms with E-state index in [0.717, 1.165) is 6.42 Å². The highest BCUT2D eigenvalue weighted by Crippen LogP contribution is 1.97. The van der Waals surface area contributed by atoms with Gasteiger partial charge in [0.05, 0.1) is 0 Å². The van der Waals surface area contributed by atoms with Gasteiger partial charge in [-0.2, -0.15) is 0 Å². The Morgan fingerprint density at radius 3 is 2.17 bits per heavy atom. The van der Waals surface area contributed by atoms with Gasteiger partial charge in [0.15, 0.2) is 0 Å². The molecular weight excluding hydrogens is 151 g/mol. The third-order valence-electron chi connectivity index (χ3n) is 1.67. The van der Waals surface area contributed by atoms with Gasteiger partial charge in [-0.1, -0.05) is 13.8 Å². The predicted octanol–water partition coefficient (Wildman–Crippen LogP) is 1.88. The summed E-state index contributed by atoms with van der Waals surface area (Å²) in [7, 11) is 1.78. The second-order valence-corrected chi connectivity index (χ2v) is 2.88. The van der Waals surface area contributed by atoms with Crippen LogP contribution in [0.5, 0.6) is 0 Å². The number of rotatable bonds is 7. The fourth-order valence-corrected chi connectivity index (χ4v) is 0.919. The summed E-state index contributed by atoms with van der Waals surface area (Å²) in [5.74, 6) is 0.445. The van der Waals surface area contributed by atoms with Crippen molar-refractivity contribution in [1.29, 1.82) is 0 Å². The van der Waals surface area contributed by atoms with E-state index in [1.807, 2.05) is 13.8 Å². The lowest BCUT2D eigenvalue weighted by Crippen LogP contribution is -2.06. The highest BCUT2D eigenvalue weighted by molar-refractivity contribution is 6.46. The minimum atomic E-state index is 0.208. The van der Waals surface area contributed by atoms with Crippen molar-refractivity contribution in [3.63, 3.8) is 0 Å². The summed E-state index contributed by atoms with van der Waals surface area (Å²) in [6, 6.07) is 0. The minimum absolute atomic E-state index is 0.208. The fraction of sp³-hybridized carbons (Fsp3) is 0.778. The van der Waals surface area contributed by atoms with Crippen molar-refractivity contribution >= 4 is 18.8 Å². The van der Waals surface area contributed by atoms with Gasteiger partial charge in [0.2, 0.25) is 0 Å². The van der Waals surface area contributed by atoms with Gasteiger partial charge >= 0.3 is 0 Å². The Bertz CT molecular complexity index is 155. The first-order valence-electron chi connectivity index (χ1n) is 4.55. The van der Waals surface area contributed by atoms with Gasteiger partial charge in [-0.25, -0.2) is 0 Å². The molecule has 0 bridgehead atoms. The lowest BCUT2D eigenvalue weighted by atomic mass is 9.67. The van der Waals surface area contributed by atoms with Crippen LogP contribution in [0.3, 0.4) is 0 Å². The van der Waals surface area contributed by atoms with Crippen LogP contribution in [-0.4, -0.2) is 18.8 Å². The first kappa shape index (κ1) is 11.4. The molecule has 0 heterocycles. The second-order valence-electron chi connectivity index (χ2n) is 2.88. The Labute approximate surface area is 75.0 Å². The van der Waals surface area contributed by atoms with Crippen LogP contribution in [0.25, 0.3) is 0 Å². The first-order chi connectivity index (χ1) is 5.70. The monoisotopic (exact) mass is 167 g/mol. The zero-order valence-corrected chi connectivity index (χ0v) is 7.93. The van der Waals surface area contributed by atoms with Crippen LogP contribution < -0.4 is 0 Å². The van der Waals surface area contributed by atoms with Gasteiger partial charge in [0.1, 0.15) is 18.8 Å². The molecule has 2 nitrogen and oxygen atoms in total. The molecule has 3 heteroatoms. The third kappa shape index (κ3) is 6.14. The summed E-state index contributed by atoms with van der Waals surface area (Å²) >= 11 is 0. The molecule has 0 spiro atoms. The normalized spacial score (nSPS) is 9.50. The lowest BCUT2D eigenvalue weighted by molar-refractivity contribution is -0.117. The Hall–Kier alpha value is -0.595. The maximum Gasteiger partial charge on any atom is 0.128 e. The standard InChI is InChI=1S/C9H16BO2/c1-3-5-9(12)7-10-6-8(11)4-2/h3-7H2,1-2H3. The van der Waals surface area contributed by atoms with Crippen molar-refractivity contribution in [2.75, 3.05) is 0 Å². The molecule has 0 amide bonds. The number of carbonyl (C=O) groups excluding carboxylic acids is 2. The summed E-state index contributed by atoms with van der Waals surface area (Å²) in [6.45, 7) is 3.82. The van der Waals surface area contributed by atoms with E-state index in [1.54, 1.807) is 7.28 Å². The van der Waals surface area contributed by atoms with Crippen LogP contribution in [0.4, 0.5) is 0 Å². The molecule has 0 aliphatic rings. The van der Waals surface area contributed by atoms with Gasteiger partial charge in [-0.15, -0.1) is 0 Å². The van der Waals surface area contributed by atoms with Crippen LogP contribution in [-0.2, 0) is 9.59 Å². The van der Waals surface area contributed by atoms with Crippen molar-refractivity contribution in [3.05, 3.63) is 0 Å². The Morgan fingerprint density at radius 1 is 1.08 bits per heavy atom. The molecule has 0 atom stereocenters. The number of ketones is 2. The van der Waals surface area contributed by atoms with E-state index in [9.17, 15) is 9.59 Å². The summed E-state index contributed by atoms with van der Waals surface area (Å²) in [5, 5.41) is 0. The van der Waals surface area contributed by atoms with Crippen molar-refractivity contribution in [2.45, 2.75) is 45.8 Å². The average molecular weight is 167 g/mol. The van der Waals surface area contributed by atoms with Crippen LogP contribution >= 0.6 is 0 Å². The molecular formula is C9H16BO2. The molecule has 0 saturated heterocycles. The Morgan fingerprint density at radius 2 is 1.67 bits per heavy atom. The second kappa shape index (κ2) is 7.08. The van der Waals surface area contributed by atoms with Crippen LogP contribution in [0.1, 0.15) is 33.1 Å². The lowest BCUT2D eigenvalue weighted by Gasteiger charge is -1.96. The molecule has 0 aliphatic heterocycles. The Kier molecular flexibility index (Phi) is 6.72. The van der Waals surface area contributed by atoms with E-state index in [0.29, 0.717) is 25.5 Å². The minimum Gasteiger partial charge on any atom is -0.301 e. The van der Waals surface area contributed by atoms with Gasteiger partial charge in [-0.3, -0.25) is 0 Å². The molecule has 0 aromatic rings. The predicted molar refractivity (Wildman–Crippen MR) is 50.6 cm³/mol. The van der Waals surface area contributed by atoms with Gasteiger partial charge in [-0.05, 0) is 19.1 Å². The number of hydrogen-bond acceptors (Lipinski definition) is 2. The molecule has 0 N–H and O–H groups in total. The number of carbonyl (C=O) groups is 2. The maximum absolute atomic E-state index is 11.0. The molecule has 0 aromatic heterocycles. The van der Waals surface area contributed by atoms with E-state index in [2.05, 4.69) is 0 Å². The number of Topliss-reactive ketones (excluding diaryl/α,β-unsaturated/α-hetero) is 2. The molecule has 1 radical (unpaired) electrons. The smallest absolute Gasteiger partial charge is 0.128 e. The van der Waals surface area contributed by atoms with E-state index in [-0.39, 0.29) is 11.6 Å². The summed E-state index contributed by atoms with van der Waals surface area (Å²) < 4.78 is 0. The van der Waals surface area contributed by atoms with Gasteiger partial charge in [0.25, 0.3) is 0 Å². The van der Waals surface area contributed by atoms with Crippen LogP contribution in [0.15, 0.2) is 0 Å². The highest BCUT2D eigenvalue weighted by Gasteiger charge is 2.03. The SMILES string of the molecule is CCCC(=O)C[B]CC(=O)CC. The molecule has 0 fully saturated rings. The van der Waals surface area contributed by atoms with Crippen molar-refractivity contribution < 1.29 is 9.59 Å². The van der Waals surface area contributed by atoms with E-state index in [1.165, 1.54) is 0 Å². The fourth-order valence-electron chi connectivity index (χ4n) is 0.919. The molecule has 12 heavy (non-hydrogen) atoms. The van der Waals surface area contributed by atoms with Crippen molar-refractivity contribution in [3.8, 4) is 0 Å². The van der Waals surface area contributed by atoms with Crippen LogP contribution in [0.2, 0.25) is 12.6 Å². The molecule has 0 rings (SSSR count). The van der Waals surface area contributed by atoms with E-state index < -0.39 is 0 Å². The topological polar surface area (TPSA) is 34.1 Å². The van der Waals surface area contributed by atoms with Gasteiger partial charge < -0.3 is 9.59 Å². The zero-order valence-electron chi connectivity index (χ0n) is 7.93. The third-order valence-corrected chi connectivity index (χ3v) is 1.67. The molecule has 0 saturated carbocycles. The Balaban J connectivity index is 3.30. The van der Waals surface area contributed by atoms with Crippen molar-refractivity contribution in [2.24, 2.45) is 0 Å². The molecule has 0 aliphatic carbocycles. The molecule has 67 valence electrons. The van der Waals surface area contributed by atoms with E-state index >= 15 is 0 Å². The average Bonchev–Trinajstić information content (AvgIpc) is 2.04. The van der Waals surface area contributed by atoms with E-state index in [4.69, 9.17) is 0 Å². The zero-order chi connectivity index (χ0) is 9.40. The maximum atomic E-state index is 11.0. The van der Waals surface area contributed by atoms with Crippen LogP contribution in [0, 0.1) is 0 Å². The van der Waals surface area contributed by atoms with Gasteiger partial charge in [0, 0.05) is 12.8 Å². The summed E-state index contributed by atoms with van der Waals surface area (Å²) in [4.78, 5) is 21.8. The van der Waals surface area contributed by atoms with Crippen molar-refractivity contribution in [1.82, 2.24) is 0 Å². The quantitative estimate of drug-likeness (QED) is 0.542. The highest BCUT2D eigenvalue weighted by atomic mass is 16.1. The molecule has 0 aromatic carbocycles. The first-order valence-corrected chi connectivity index (χ1v) is 4.55. The summed E-state index contributed by atoms with van der Waals surface area (Å²) in [6.07, 6.45) is 3.01.